The van der Waals surface area contributed by atoms with Crippen molar-refractivity contribution >= 4 is 17.7 Å². The number of rotatable bonds is 12. The van der Waals surface area contributed by atoms with Crippen molar-refractivity contribution in [2.45, 2.75) is 111 Å². The number of benzene rings is 1. The molecule has 246 valence electrons. The Hall–Kier alpha value is -3.49. The van der Waals surface area contributed by atoms with E-state index in [2.05, 4.69) is 38.6 Å². The predicted molar refractivity (Wildman–Crippen MR) is 176 cm³/mol. The van der Waals surface area contributed by atoms with E-state index in [9.17, 15) is 14.7 Å². The summed E-state index contributed by atoms with van der Waals surface area (Å²) in [6.07, 6.45) is 10.4. The summed E-state index contributed by atoms with van der Waals surface area (Å²) in [5.74, 6) is -0.614. The van der Waals surface area contributed by atoms with Crippen LogP contribution in [0.1, 0.15) is 79.2 Å². The number of allylic oxidation sites excluding steroid dienone is 3. The minimum atomic E-state index is -0.866. The largest absolute Gasteiger partial charge is 0.457 e. The maximum absolute atomic E-state index is 12.7. The summed E-state index contributed by atoms with van der Waals surface area (Å²) < 4.78 is 17.3. The van der Waals surface area contributed by atoms with Crippen molar-refractivity contribution < 1.29 is 33.7 Å². The van der Waals surface area contributed by atoms with Gasteiger partial charge in [-0.05, 0) is 61.3 Å². The number of epoxide rings is 1. The Morgan fingerprint density at radius 3 is 2.62 bits per heavy atom. The molecule has 8 atom stereocenters. The Labute approximate surface area is 268 Å². The molecule has 0 radical (unpaired) electrons. The van der Waals surface area contributed by atoms with Gasteiger partial charge in [0.1, 0.15) is 18.8 Å². The second kappa shape index (κ2) is 17.9. The summed E-state index contributed by atoms with van der Waals surface area (Å²) >= 11 is 0. The van der Waals surface area contributed by atoms with Gasteiger partial charge in [0.05, 0.1) is 30.4 Å². The van der Waals surface area contributed by atoms with Crippen LogP contribution in [0.5, 0.6) is 0 Å². The average Bonchev–Trinajstić information content (AvgIpc) is 3.77. The van der Waals surface area contributed by atoms with Gasteiger partial charge < -0.3 is 24.2 Å². The van der Waals surface area contributed by atoms with Crippen LogP contribution in [0.4, 0.5) is 0 Å². The fraction of sp³-hybridized carbons (Fsp3) is 0.541. The number of nitrogens with zero attached hydrogens (tertiary/aromatic N) is 1. The molecule has 8 nitrogen and oxygen atoms in total. The average molecular weight is 622 g/mol. The number of carbonyl (C=O) groups is 2. The highest BCUT2D eigenvalue weighted by Crippen LogP contribution is 2.36. The molecule has 0 amide bonds. The van der Waals surface area contributed by atoms with Gasteiger partial charge in [0.2, 0.25) is 0 Å². The first-order valence-electron chi connectivity index (χ1n) is 16.1. The van der Waals surface area contributed by atoms with E-state index in [1.165, 1.54) is 6.92 Å². The number of cyclic esters (lactones) is 1. The molecule has 1 aromatic rings. The lowest BCUT2D eigenvalue weighted by molar-refractivity contribution is -0.151. The van der Waals surface area contributed by atoms with Gasteiger partial charge in [-0.1, -0.05) is 94.1 Å². The number of hydrogen-bond acceptors (Lipinski definition) is 8. The van der Waals surface area contributed by atoms with E-state index in [-0.39, 0.29) is 36.4 Å². The van der Waals surface area contributed by atoms with Crippen LogP contribution < -0.4 is 0 Å². The first-order chi connectivity index (χ1) is 21.5. The zero-order valence-corrected chi connectivity index (χ0v) is 27.7. The molecule has 2 aliphatic rings. The number of carbonyl (C=O) groups excluding carboxylic acids is 2. The standard InChI is InChI=1S/C37H51NO7/c1-8-32(38-42-23-30-15-10-9-11-16-30)28(6)37-34(44-37)21-24(2)13-12-14-26(4)36-27(5)18-20-33(43-29(7)39)25(3)17-19-31(40)22-35(41)45-36/h9-16,18,20,24,27-28,31,33-34,36-37,40H,3,8,17,19,21-23H2,1-2,4-7H3/b13-12+,20-18+,26-14+,38-32+. The number of esters is 2. The summed E-state index contributed by atoms with van der Waals surface area (Å²) in [4.78, 5) is 30.0. The summed E-state index contributed by atoms with van der Waals surface area (Å²) in [7, 11) is 0. The normalized spacial score (nSPS) is 28.8. The van der Waals surface area contributed by atoms with Crippen LogP contribution in [-0.2, 0) is 35.2 Å². The molecule has 2 aliphatic heterocycles. The van der Waals surface area contributed by atoms with Gasteiger partial charge in [-0.25, -0.2) is 0 Å². The molecule has 8 unspecified atom stereocenters. The predicted octanol–water partition coefficient (Wildman–Crippen LogP) is 7.04. The molecule has 0 aliphatic carbocycles. The third kappa shape index (κ3) is 12.1. The summed E-state index contributed by atoms with van der Waals surface area (Å²) in [6, 6.07) is 10.0. The van der Waals surface area contributed by atoms with E-state index in [4.69, 9.17) is 19.0 Å². The van der Waals surface area contributed by atoms with Crippen LogP contribution in [0.2, 0.25) is 0 Å². The Balaban J connectivity index is 1.58. The third-order valence-electron chi connectivity index (χ3n) is 8.33. The lowest BCUT2D eigenvalue weighted by atomic mass is 9.93. The Bertz CT molecular complexity index is 1250. The molecule has 45 heavy (non-hydrogen) atoms. The van der Waals surface area contributed by atoms with Gasteiger partial charge in [-0.15, -0.1) is 0 Å². The van der Waals surface area contributed by atoms with Crippen LogP contribution in [0.3, 0.4) is 0 Å². The Morgan fingerprint density at radius 2 is 1.93 bits per heavy atom. The van der Waals surface area contributed by atoms with Gasteiger partial charge >= 0.3 is 11.9 Å². The monoisotopic (exact) mass is 621 g/mol. The molecule has 0 bridgehead atoms. The molecule has 1 aromatic carbocycles. The van der Waals surface area contributed by atoms with E-state index < -0.39 is 30.3 Å². The van der Waals surface area contributed by atoms with Gasteiger partial charge in [-0.3, -0.25) is 9.59 Å². The molecule has 3 rings (SSSR count). The van der Waals surface area contributed by atoms with Crippen molar-refractivity contribution in [1.29, 1.82) is 0 Å². The molecule has 0 spiro atoms. The fourth-order valence-electron chi connectivity index (χ4n) is 5.55. The Morgan fingerprint density at radius 1 is 1.20 bits per heavy atom. The molecule has 0 saturated carbocycles. The van der Waals surface area contributed by atoms with E-state index in [1.807, 2.05) is 62.4 Å². The van der Waals surface area contributed by atoms with Gasteiger partial charge in [0, 0.05) is 18.8 Å². The van der Waals surface area contributed by atoms with E-state index >= 15 is 0 Å². The first-order valence-corrected chi connectivity index (χ1v) is 16.1. The van der Waals surface area contributed by atoms with Crippen LogP contribution in [0.25, 0.3) is 0 Å². The molecular weight excluding hydrogens is 570 g/mol. The smallest absolute Gasteiger partial charge is 0.309 e. The molecule has 8 heteroatoms. The van der Waals surface area contributed by atoms with E-state index in [0.29, 0.717) is 25.0 Å². The number of hydrogen-bond donors (Lipinski definition) is 1. The number of ether oxygens (including phenoxy) is 3. The molecule has 2 heterocycles. The second-order valence-corrected chi connectivity index (χ2v) is 12.4. The minimum Gasteiger partial charge on any atom is -0.457 e. The quantitative estimate of drug-likeness (QED) is 0.0666. The molecule has 1 saturated heterocycles. The summed E-state index contributed by atoms with van der Waals surface area (Å²) in [5, 5.41) is 14.8. The first kappa shape index (κ1) is 36.0. The highest BCUT2D eigenvalue weighted by atomic mass is 16.6. The van der Waals surface area contributed by atoms with E-state index in [0.717, 1.165) is 29.7 Å². The summed E-state index contributed by atoms with van der Waals surface area (Å²) in [6.45, 7) is 16.1. The highest BCUT2D eigenvalue weighted by Gasteiger charge is 2.44. The maximum Gasteiger partial charge on any atom is 0.309 e. The SMILES string of the molecule is C=C1CCC(O)CC(=O)OC(/C(C)=C/C=C/C(C)CC2OC2C(C)/C(CC)=N/OCc2ccccc2)C(C)/C=C/C1OC(C)=O. The zero-order valence-electron chi connectivity index (χ0n) is 27.7. The van der Waals surface area contributed by atoms with Crippen molar-refractivity contribution in [1.82, 2.24) is 0 Å². The molecule has 0 aromatic heterocycles. The lowest BCUT2D eigenvalue weighted by Crippen LogP contribution is -2.29. The van der Waals surface area contributed by atoms with Gasteiger partial charge in [0.15, 0.2) is 0 Å². The molecule has 1 N–H and O–H groups in total. The maximum atomic E-state index is 12.7. The van der Waals surface area contributed by atoms with Crippen LogP contribution >= 0.6 is 0 Å². The van der Waals surface area contributed by atoms with E-state index in [1.54, 1.807) is 6.08 Å². The summed E-state index contributed by atoms with van der Waals surface area (Å²) in [5.41, 5.74) is 3.63. The zero-order chi connectivity index (χ0) is 32.9. The van der Waals surface area contributed by atoms with Crippen LogP contribution in [0.15, 0.2) is 83.6 Å². The van der Waals surface area contributed by atoms with Crippen LogP contribution in [0, 0.1) is 17.8 Å². The number of oxime groups is 1. The minimum absolute atomic E-state index is 0.108. The molecular formula is C37H51NO7. The van der Waals surface area contributed by atoms with Crippen LogP contribution in [-0.4, -0.2) is 53.3 Å². The third-order valence-corrected chi connectivity index (χ3v) is 8.33. The van der Waals surface area contributed by atoms with Crippen molar-refractivity contribution in [3.05, 3.63) is 84.0 Å². The van der Waals surface area contributed by atoms with Crippen molar-refractivity contribution in [2.75, 3.05) is 0 Å². The van der Waals surface area contributed by atoms with Gasteiger partial charge in [-0.2, -0.15) is 0 Å². The van der Waals surface area contributed by atoms with Crippen molar-refractivity contribution in [3.8, 4) is 0 Å². The Kier molecular flexibility index (Phi) is 14.3. The fourth-order valence-corrected chi connectivity index (χ4v) is 5.55. The van der Waals surface area contributed by atoms with Gasteiger partial charge in [0.25, 0.3) is 0 Å². The molecule has 1 fully saturated rings. The number of aliphatic hydroxyl groups excluding tert-OH is 1. The second-order valence-electron chi connectivity index (χ2n) is 12.4. The van der Waals surface area contributed by atoms with Crippen molar-refractivity contribution in [3.63, 3.8) is 0 Å². The van der Waals surface area contributed by atoms with Crippen molar-refractivity contribution in [2.24, 2.45) is 22.9 Å². The topological polar surface area (TPSA) is 107 Å². The highest BCUT2D eigenvalue weighted by molar-refractivity contribution is 5.86. The number of aliphatic hydroxyl groups is 1. The lowest BCUT2D eigenvalue weighted by Gasteiger charge is -2.25.